The van der Waals surface area contributed by atoms with Crippen LogP contribution in [0.15, 0.2) is 40.6 Å². The summed E-state index contributed by atoms with van der Waals surface area (Å²) in [7, 11) is 0. The smallest absolute Gasteiger partial charge is 0.203 e. The Morgan fingerprint density at radius 2 is 2.00 bits per heavy atom. The molecule has 1 aromatic carbocycles. The first-order chi connectivity index (χ1) is 7.29. The SMILES string of the molecule is O=C(C(Br)=C1CCCO1)c1ccccc1. The first-order valence-corrected chi connectivity index (χ1v) is 5.69. The topological polar surface area (TPSA) is 26.3 Å². The van der Waals surface area contributed by atoms with Crippen molar-refractivity contribution in [2.45, 2.75) is 12.8 Å². The van der Waals surface area contributed by atoms with Crippen molar-refractivity contribution in [2.75, 3.05) is 6.61 Å². The number of hydrogen-bond acceptors (Lipinski definition) is 2. The number of benzene rings is 1. The van der Waals surface area contributed by atoms with E-state index in [0.29, 0.717) is 16.7 Å². The zero-order valence-corrected chi connectivity index (χ0v) is 9.79. The van der Waals surface area contributed by atoms with Crippen molar-refractivity contribution in [2.24, 2.45) is 0 Å². The Morgan fingerprint density at radius 1 is 1.27 bits per heavy atom. The van der Waals surface area contributed by atoms with Gasteiger partial charge in [0.15, 0.2) is 0 Å². The Bertz CT molecular complexity index is 387. The minimum Gasteiger partial charge on any atom is -0.497 e. The average Bonchev–Trinajstić information content (AvgIpc) is 2.82. The summed E-state index contributed by atoms with van der Waals surface area (Å²) in [5.41, 5.74) is 0.687. The molecule has 0 aliphatic carbocycles. The van der Waals surface area contributed by atoms with E-state index in [2.05, 4.69) is 15.9 Å². The van der Waals surface area contributed by atoms with Crippen LogP contribution in [0.1, 0.15) is 23.2 Å². The zero-order valence-electron chi connectivity index (χ0n) is 8.20. The van der Waals surface area contributed by atoms with Crippen LogP contribution < -0.4 is 0 Å². The summed E-state index contributed by atoms with van der Waals surface area (Å²) in [6, 6.07) is 9.21. The van der Waals surface area contributed by atoms with E-state index in [1.807, 2.05) is 18.2 Å². The molecule has 3 heteroatoms. The van der Waals surface area contributed by atoms with Crippen molar-refractivity contribution < 1.29 is 9.53 Å². The van der Waals surface area contributed by atoms with Crippen LogP contribution >= 0.6 is 15.9 Å². The molecular weight excluding hydrogens is 256 g/mol. The summed E-state index contributed by atoms with van der Waals surface area (Å²) in [6.07, 6.45) is 1.84. The Labute approximate surface area is 97.1 Å². The number of ketones is 1. The van der Waals surface area contributed by atoms with Gasteiger partial charge in [0.2, 0.25) is 5.78 Å². The lowest BCUT2D eigenvalue weighted by Crippen LogP contribution is -2.01. The second-order valence-electron chi connectivity index (χ2n) is 3.38. The molecule has 0 amide bonds. The van der Waals surface area contributed by atoms with Gasteiger partial charge >= 0.3 is 0 Å². The lowest BCUT2D eigenvalue weighted by atomic mass is 10.1. The van der Waals surface area contributed by atoms with Gasteiger partial charge < -0.3 is 4.74 Å². The number of halogens is 1. The predicted molar refractivity (Wildman–Crippen MR) is 61.9 cm³/mol. The van der Waals surface area contributed by atoms with Gasteiger partial charge in [-0.2, -0.15) is 0 Å². The highest BCUT2D eigenvalue weighted by molar-refractivity contribution is 9.12. The van der Waals surface area contributed by atoms with E-state index in [1.165, 1.54) is 0 Å². The molecule has 1 aliphatic heterocycles. The van der Waals surface area contributed by atoms with Crippen molar-refractivity contribution in [3.05, 3.63) is 46.1 Å². The minimum absolute atomic E-state index is 0.00694. The fourth-order valence-corrected chi connectivity index (χ4v) is 2.06. The minimum atomic E-state index is -0.00694. The van der Waals surface area contributed by atoms with Crippen LogP contribution in [0.3, 0.4) is 0 Å². The predicted octanol–water partition coefficient (Wildman–Crippen LogP) is 3.29. The van der Waals surface area contributed by atoms with Crippen molar-refractivity contribution >= 4 is 21.7 Å². The maximum atomic E-state index is 11.9. The second-order valence-corrected chi connectivity index (χ2v) is 4.18. The van der Waals surface area contributed by atoms with Crippen molar-refractivity contribution in [3.63, 3.8) is 0 Å². The van der Waals surface area contributed by atoms with E-state index in [-0.39, 0.29) is 5.78 Å². The number of carbonyl (C=O) groups excluding carboxylic acids is 1. The van der Waals surface area contributed by atoms with E-state index < -0.39 is 0 Å². The highest BCUT2D eigenvalue weighted by atomic mass is 79.9. The van der Waals surface area contributed by atoms with Crippen LogP contribution in [0.25, 0.3) is 0 Å². The summed E-state index contributed by atoms with van der Waals surface area (Å²) in [5.74, 6) is 0.774. The molecular formula is C12H11BrO2. The van der Waals surface area contributed by atoms with Gasteiger partial charge in [-0.1, -0.05) is 30.3 Å². The summed E-state index contributed by atoms with van der Waals surface area (Å²) in [6.45, 7) is 0.715. The first-order valence-electron chi connectivity index (χ1n) is 4.90. The maximum absolute atomic E-state index is 11.9. The molecule has 0 bridgehead atoms. The quantitative estimate of drug-likeness (QED) is 0.607. The molecule has 0 saturated carbocycles. The highest BCUT2D eigenvalue weighted by Gasteiger charge is 2.18. The summed E-state index contributed by atoms with van der Waals surface area (Å²) in [4.78, 5) is 11.9. The molecule has 0 spiro atoms. The summed E-state index contributed by atoms with van der Waals surface area (Å²) < 4.78 is 5.93. The third-order valence-electron chi connectivity index (χ3n) is 2.30. The summed E-state index contributed by atoms with van der Waals surface area (Å²) in [5, 5.41) is 0. The molecule has 1 aromatic rings. The van der Waals surface area contributed by atoms with E-state index >= 15 is 0 Å². The molecule has 0 unspecified atom stereocenters. The summed E-state index contributed by atoms with van der Waals surface area (Å²) >= 11 is 3.31. The van der Waals surface area contributed by atoms with Gasteiger partial charge in [-0.25, -0.2) is 0 Å². The molecule has 15 heavy (non-hydrogen) atoms. The molecule has 2 nitrogen and oxygen atoms in total. The van der Waals surface area contributed by atoms with Crippen molar-refractivity contribution in [1.82, 2.24) is 0 Å². The van der Waals surface area contributed by atoms with E-state index in [0.717, 1.165) is 18.6 Å². The Morgan fingerprint density at radius 3 is 2.60 bits per heavy atom. The normalized spacial score (nSPS) is 18.5. The molecule has 0 atom stereocenters. The van der Waals surface area contributed by atoms with Gasteiger partial charge in [-0.05, 0) is 22.4 Å². The lowest BCUT2D eigenvalue weighted by Gasteiger charge is -2.03. The van der Waals surface area contributed by atoms with Crippen LogP contribution in [-0.2, 0) is 4.74 Å². The number of carbonyl (C=O) groups is 1. The van der Waals surface area contributed by atoms with Crippen LogP contribution in [0.4, 0.5) is 0 Å². The van der Waals surface area contributed by atoms with Crippen molar-refractivity contribution in [1.29, 1.82) is 0 Å². The Kier molecular flexibility index (Phi) is 3.21. The molecule has 1 saturated heterocycles. The number of ether oxygens (including phenoxy) is 1. The molecule has 0 N–H and O–H groups in total. The average molecular weight is 267 g/mol. The fraction of sp³-hybridized carbons (Fsp3) is 0.250. The number of allylic oxidation sites excluding steroid dienone is 2. The Hall–Kier alpha value is -1.09. The molecule has 0 radical (unpaired) electrons. The fourth-order valence-electron chi connectivity index (χ4n) is 1.52. The van der Waals surface area contributed by atoms with E-state index in [1.54, 1.807) is 12.1 Å². The highest BCUT2D eigenvalue weighted by Crippen LogP contribution is 2.26. The molecule has 1 aliphatic rings. The molecule has 78 valence electrons. The van der Waals surface area contributed by atoms with Gasteiger partial charge in [0, 0.05) is 12.0 Å². The van der Waals surface area contributed by atoms with Gasteiger partial charge in [0.25, 0.3) is 0 Å². The second kappa shape index (κ2) is 4.62. The van der Waals surface area contributed by atoms with Crippen LogP contribution in [0.5, 0.6) is 0 Å². The van der Waals surface area contributed by atoms with E-state index in [9.17, 15) is 4.79 Å². The number of hydrogen-bond donors (Lipinski definition) is 0. The molecule has 1 fully saturated rings. The van der Waals surface area contributed by atoms with Gasteiger partial charge in [-0.15, -0.1) is 0 Å². The molecule has 1 heterocycles. The standard InChI is InChI=1S/C12H11BrO2/c13-11(10-7-4-8-15-10)12(14)9-5-2-1-3-6-9/h1-3,5-6H,4,7-8H2. The zero-order chi connectivity index (χ0) is 10.7. The van der Waals surface area contributed by atoms with E-state index in [4.69, 9.17) is 4.74 Å². The van der Waals surface area contributed by atoms with Crippen LogP contribution in [-0.4, -0.2) is 12.4 Å². The van der Waals surface area contributed by atoms with Crippen LogP contribution in [0, 0.1) is 0 Å². The maximum Gasteiger partial charge on any atom is 0.203 e. The molecule has 2 rings (SSSR count). The largest absolute Gasteiger partial charge is 0.497 e. The lowest BCUT2D eigenvalue weighted by molar-refractivity contribution is 0.103. The number of rotatable bonds is 2. The third-order valence-corrected chi connectivity index (χ3v) is 3.11. The van der Waals surface area contributed by atoms with Crippen LogP contribution in [0.2, 0.25) is 0 Å². The number of Topliss-reactive ketones (excluding diaryl/α,β-unsaturated/α-hetero) is 1. The third kappa shape index (κ3) is 2.29. The molecule has 0 aromatic heterocycles. The Balaban J connectivity index is 2.25. The van der Waals surface area contributed by atoms with Gasteiger partial charge in [0.1, 0.15) is 10.2 Å². The van der Waals surface area contributed by atoms with Gasteiger partial charge in [0.05, 0.1) is 6.61 Å². The monoisotopic (exact) mass is 266 g/mol. The van der Waals surface area contributed by atoms with Gasteiger partial charge in [-0.3, -0.25) is 4.79 Å². The van der Waals surface area contributed by atoms with Crippen molar-refractivity contribution in [3.8, 4) is 0 Å². The first kappa shape index (κ1) is 10.4.